The number of aliphatic carboxylic acids is 2. The smallest absolute Gasteiger partial charge is 0.414 e. The third kappa shape index (κ3) is 7.12. The molecule has 0 aromatic heterocycles. The first kappa shape index (κ1) is 24.4. The molecule has 168 valence electrons. The molecule has 2 aromatic rings. The average Bonchev–Trinajstić information content (AvgIpc) is 2.75. The Bertz CT molecular complexity index is 963. The molecule has 10 heteroatoms. The molecular weight excluding hydrogens is 427 g/mol. The number of benzene rings is 2. The molecule has 0 aliphatic carbocycles. The Morgan fingerprint density at radius 3 is 2.00 bits per heavy atom. The molecule has 2 N–H and O–H groups in total. The highest BCUT2D eigenvalue weighted by Crippen LogP contribution is 2.23. The molecule has 0 spiro atoms. The SMILES string of the molecule is CN(Cc1ccccc1)C1CCN(S(=O)(=O)c2ccc(F)cc2)CC1.O=C(O)C(=O)O. The Kier molecular flexibility index (Phi) is 8.66. The van der Waals surface area contributed by atoms with E-state index in [0.29, 0.717) is 19.1 Å². The van der Waals surface area contributed by atoms with E-state index in [1.165, 1.54) is 34.1 Å². The molecule has 1 heterocycles. The molecule has 0 amide bonds. The summed E-state index contributed by atoms with van der Waals surface area (Å²) in [5.74, 6) is -4.08. The lowest BCUT2D eigenvalue weighted by Crippen LogP contribution is -2.45. The van der Waals surface area contributed by atoms with Crippen LogP contribution in [0.25, 0.3) is 0 Å². The molecule has 3 rings (SSSR count). The van der Waals surface area contributed by atoms with E-state index < -0.39 is 27.8 Å². The zero-order chi connectivity index (χ0) is 23.0. The van der Waals surface area contributed by atoms with E-state index in [4.69, 9.17) is 19.8 Å². The van der Waals surface area contributed by atoms with Crippen molar-refractivity contribution in [1.29, 1.82) is 0 Å². The first-order chi connectivity index (χ1) is 14.6. The lowest BCUT2D eigenvalue weighted by atomic mass is 10.0. The van der Waals surface area contributed by atoms with Crippen molar-refractivity contribution in [2.75, 3.05) is 20.1 Å². The van der Waals surface area contributed by atoms with Crippen LogP contribution in [0.4, 0.5) is 4.39 Å². The molecule has 0 saturated carbocycles. The maximum absolute atomic E-state index is 13.0. The number of piperidine rings is 1. The van der Waals surface area contributed by atoms with Crippen molar-refractivity contribution in [3.8, 4) is 0 Å². The molecule has 1 aliphatic rings. The molecule has 0 radical (unpaired) electrons. The fourth-order valence-corrected chi connectivity index (χ4v) is 4.75. The van der Waals surface area contributed by atoms with Gasteiger partial charge >= 0.3 is 11.9 Å². The van der Waals surface area contributed by atoms with E-state index in [2.05, 4.69) is 24.1 Å². The summed E-state index contributed by atoms with van der Waals surface area (Å²) in [5.41, 5.74) is 1.26. The number of carboxylic acids is 2. The predicted octanol–water partition coefficient (Wildman–Crippen LogP) is 2.27. The second-order valence-electron chi connectivity index (χ2n) is 7.10. The number of carbonyl (C=O) groups is 2. The maximum atomic E-state index is 13.0. The van der Waals surface area contributed by atoms with Gasteiger partial charge in [0.25, 0.3) is 0 Å². The van der Waals surface area contributed by atoms with Crippen LogP contribution in [0.5, 0.6) is 0 Å². The number of hydrogen-bond donors (Lipinski definition) is 2. The largest absolute Gasteiger partial charge is 0.473 e. The summed E-state index contributed by atoms with van der Waals surface area (Å²) in [7, 11) is -1.45. The van der Waals surface area contributed by atoms with Crippen molar-refractivity contribution in [3.63, 3.8) is 0 Å². The van der Waals surface area contributed by atoms with Crippen LogP contribution >= 0.6 is 0 Å². The first-order valence-electron chi connectivity index (χ1n) is 9.57. The van der Waals surface area contributed by atoms with Gasteiger partial charge in [0.15, 0.2) is 0 Å². The van der Waals surface area contributed by atoms with Crippen LogP contribution in [0, 0.1) is 5.82 Å². The van der Waals surface area contributed by atoms with Gasteiger partial charge in [0.05, 0.1) is 4.90 Å². The van der Waals surface area contributed by atoms with Crippen LogP contribution in [0.15, 0.2) is 59.5 Å². The van der Waals surface area contributed by atoms with Crippen molar-refractivity contribution >= 4 is 22.0 Å². The highest BCUT2D eigenvalue weighted by Gasteiger charge is 2.30. The van der Waals surface area contributed by atoms with Crippen molar-refractivity contribution in [2.24, 2.45) is 0 Å². The van der Waals surface area contributed by atoms with Crippen LogP contribution in [0.2, 0.25) is 0 Å². The number of hydrogen-bond acceptors (Lipinski definition) is 5. The quantitative estimate of drug-likeness (QED) is 0.669. The average molecular weight is 453 g/mol. The van der Waals surface area contributed by atoms with Gasteiger partial charge in [-0.3, -0.25) is 4.90 Å². The summed E-state index contributed by atoms with van der Waals surface area (Å²) >= 11 is 0. The van der Waals surface area contributed by atoms with Crippen molar-refractivity contribution in [1.82, 2.24) is 9.21 Å². The Hall–Kier alpha value is -2.82. The van der Waals surface area contributed by atoms with Gasteiger partial charge in [-0.15, -0.1) is 0 Å². The van der Waals surface area contributed by atoms with E-state index in [9.17, 15) is 12.8 Å². The van der Waals surface area contributed by atoms with E-state index in [1.54, 1.807) is 0 Å². The lowest BCUT2D eigenvalue weighted by Gasteiger charge is -2.36. The van der Waals surface area contributed by atoms with Crippen molar-refractivity contribution < 1.29 is 32.6 Å². The van der Waals surface area contributed by atoms with Gasteiger partial charge in [-0.2, -0.15) is 4.31 Å². The van der Waals surface area contributed by atoms with Gasteiger partial charge < -0.3 is 10.2 Å². The fraction of sp³-hybridized carbons (Fsp3) is 0.333. The van der Waals surface area contributed by atoms with Crippen molar-refractivity contribution in [2.45, 2.75) is 30.3 Å². The summed E-state index contributed by atoms with van der Waals surface area (Å²) in [6, 6.07) is 15.7. The van der Waals surface area contributed by atoms with Crippen LogP contribution in [-0.4, -0.2) is 66.0 Å². The highest BCUT2D eigenvalue weighted by atomic mass is 32.2. The number of sulfonamides is 1. The van der Waals surface area contributed by atoms with Crippen LogP contribution in [0.1, 0.15) is 18.4 Å². The van der Waals surface area contributed by atoms with Gasteiger partial charge in [0.2, 0.25) is 10.0 Å². The number of carboxylic acid groups (broad SMARTS) is 2. The van der Waals surface area contributed by atoms with E-state index in [0.717, 1.165) is 19.4 Å². The zero-order valence-corrected chi connectivity index (χ0v) is 17.8. The predicted molar refractivity (Wildman–Crippen MR) is 111 cm³/mol. The molecule has 0 atom stereocenters. The molecule has 8 nitrogen and oxygen atoms in total. The zero-order valence-electron chi connectivity index (χ0n) is 17.0. The third-order valence-electron chi connectivity index (χ3n) is 4.96. The van der Waals surface area contributed by atoms with Crippen LogP contribution in [-0.2, 0) is 26.2 Å². The van der Waals surface area contributed by atoms with E-state index in [-0.39, 0.29) is 4.90 Å². The molecule has 31 heavy (non-hydrogen) atoms. The molecule has 1 fully saturated rings. The van der Waals surface area contributed by atoms with Gasteiger partial charge in [0, 0.05) is 25.7 Å². The minimum atomic E-state index is -3.54. The van der Waals surface area contributed by atoms with Gasteiger partial charge in [-0.1, -0.05) is 30.3 Å². The number of rotatable bonds is 5. The highest BCUT2D eigenvalue weighted by molar-refractivity contribution is 7.89. The molecule has 1 aliphatic heterocycles. The lowest BCUT2D eigenvalue weighted by molar-refractivity contribution is -0.159. The van der Waals surface area contributed by atoms with E-state index >= 15 is 0 Å². The van der Waals surface area contributed by atoms with Crippen LogP contribution in [0.3, 0.4) is 0 Å². The molecule has 2 aromatic carbocycles. The Morgan fingerprint density at radius 2 is 1.52 bits per heavy atom. The minimum Gasteiger partial charge on any atom is -0.473 e. The normalized spacial score (nSPS) is 15.2. The Morgan fingerprint density at radius 1 is 1.00 bits per heavy atom. The Balaban J connectivity index is 0.000000501. The molecule has 1 saturated heterocycles. The van der Waals surface area contributed by atoms with Gasteiger partial charge in [-0.25, -0.2) is 22.4 Å². The summed E-state index contributed by atoms with van der Waals surface area (Å²) in [6.45, 7) is 1.84. The number of halogens is 1. The fourth-order valence-electron chi connectivity index (χ4n) is 3.28. The monoisotopic (exact) mass is 452 g/mol. The summed E-state index contributed by atoms with van der Waals surface area (Å²) in [4.78, 5) is 20.6. The van der Waals surface area contributed by atoms with Gasteiger partial charge in [0.1, 0.15) is 5.82 Å². The summed E-state index contributed by atoms with van der Waals surface area (Å²) < 4.78 is 39.8. The minimum absolute atomic E-state index is 0.157. The summed E-state index contributed by atoms with van der Waals surface area (Å²) in [5, 5.41) is 14.8. The molecule has 0 bridgehead atoms. The Labute approximate surface area is 180 Å². The maximum Gasteiger partial charge on any atom is 0.414 e. The topological polar surface area (TPSA) is 115 Å². The number of nitrogens with zero attached hydrogens (tertiary/aromatic N) is 2. The third-order valence-corrected chi connectivity index (χ3v) is 6.87. The van der Waals surface area contributed by atoms with Crippen molar-refractivity contribution in [3.05, 3.63) is 66.0 Å². The standard InChI is InChI=1S/C19H23FN2O2S.C2H2O4/c1-21(15-16-5-3-2-4-6-16)18-11-13-22(14-12-18)25(23,24)19-9-7-17(20)8-10-19;3-1(4)2(5)6/h2-10,18H,11-15H2,1H3;(H,3,4)(H,5,6). The molecular formula is C21H25FN2O6S. The van der Waals surface area contributed by atoms with Crippen LogP contribution < -0.4 is 0 Å². The second kappa shape index (κ2) is 11.0. The van der Waals surface area contributed by atoms with Gasteiger partial charge in [-0.05, 0) is 49.7 Å². The molecule has 0 unspecified atom stereocenters. The summed E-state index contributed by atoms with van der Waals surface area (Å²) in [6.07, 6.45) is 1.59. The van der Waals surface area contributed by atoms with E-state index in [1.807, 2.05) is 18.2 Å². The second-order valence-corrected chi connectivity index (χ2v) is 9.04. The first-order valence-corrected chi connectivity index (χ1v) is 11.0.